The summed E-state index contributed by atoms with van der Waals surface area (Å²) in [7, 11) is 0. The molecule has 1 spiro atoms. The van der Waals surface area contributed by atoms with Gasteiger partial charge in [-0.25, -0.2) is 15.0 Å². The highest BCUT2D eigenvalue weighted by Gasteiger charge is 2.40. The summed E-state index contributed by atoms with van der Waals surface area (Å²) in [5, 5.41) is 1.29. The molecule has 0 atom stereocenters. The number of ether oxygens (including phenoxy) is 1. The van der Waals surface area contributed by atoms with Gasteiger partial charge in [0.2, 0.25) is 0 Å². The van der Waals surface area contributed by atoms with E-state index in [-0.39, 0.29) is 0 Å². The maximum absolute atomic E-state index is 6.77. The molecule has 1 aromatic carbocycles. The number of rotatable bonds is 4. The lowest BCUT2D eigenvalue weighted by molar-refractivity contribution is 0.122. The van der Waals surface area contributed by atoms with Crippen LogP contribution in [0.15, 0.2) is 46.5 Å². The summed E-state index contributed by atoms with van der Waals surface area (Å²) in [4.78, 5) is 19.6. The molecule has 2 fully saturated rings. The number of nitrogens with zero attached hydrogens (tertiary/aromatic N) is 5. The van der Waals surface area contributed by atoms with Crippen molar-refractivity contribution in [1.82, 2.24) is 15.0 Å². The van der Waals surface area contributed by atoms with E-state index in [1.54, 1.807) is 6.20 Å². The minimum absolute atomic E-state index is 0.388. The molecule has 9 heteroatoms. The second kappa shape index (κ2) is 9.72. The maximum atomic E-state index is 6.77. The predicted octanol–water partition coefficient (Wildman–Crippen LogP) is 4.79. The number of aromatic nitrogens is 3. The van der Waals surface area contributed by atoms with E-state index >= 15 is 0 Å². The number of fused-ring (bicyclic) bond motifs is 1. The van der Waals surface area contributed by atoms with Crippen molar-refractivity contribution < 1.29 is 4.74 Å². The Hall–Kier alpha value is -2.55. The fraction of sp³-hybridized carbons (Fsp3) is 0.444. The monoisotopic (exact) mass is 522 g/mol. The van der Waals surface area contributed by atoms with Gasteiger partial charge in [0.1, 0.15) is 10.8 Å². The molecule has 4 heterocycles. The van der Waals surface area contributed by atoms with Crippen molar-refractivity contribution in [2.75, 3.05) is 54.9 Å². The zero-order valence-electron chi connectivity index (χ0n) is 20.5. The number of morpholine rings is 1. The molecule has 0 bridgehead atoms. The minimum Gasteiger partial charge on any atom is -0.381 e. The number of pyridine rings is 1. The van der Waals surface area contributed by atoms with Crippen LogP contribution in [0, 0.1) is 12.3 Å². The third kappa shape index (κ3) is 4.51. The molecule has 2 aromatic heterocycles. The van der Waals surface area contributed by atoms with Crippen LogP contribution in [-0.4, -0.2) is 54.3 Å². The van der Waals surface area contributed by atoms with Gasteiger partial charge in [0.05, 0.1) is 23.9 Å². The van der Waals surface area contributed by atoms with Crippen LogP contribution in [0.2, 0.25) is 5.02 Å². The first-order valence-corrected chi connectivity index (χ1v) is 13.8. The van der Waals surface area contributed by atoms with Gasteiger partial charge in [-0.15, -0.1) is 0 Å². The Labute approximate surface area is 221 Å². The van der Waals surface area contributed by atoms with Crippen LogP contribution in [0.25, 0.3) is 0 Å². The number of benzene rings is 1. The van der Waals surface area contributed by atoms with Gasteiger partial charge < -0.3 is 20.3 Å². The Morgan fingerprint density at radius 1 is 0.944 bits per heavy atom. The zero-order chi connectivity index (χ0) is 24.7. The number of hydrogen-bond acceptors (Lipinski definition) is 8. The van der Waals surface area contributed by atoms with Crippen LogP contribution in [0.5, 0.6) is 0 Å². The lowest BCUT2D eigenvalue weighted by atomic mass is 9.76. The molecular formula is C27H31ClN6OS. The van der Waals surface area contributed by atoms with Crippen LogP contribution in [0.1, 0.15) is 29.7 Å². The number of aryl methyl sites for hydroxylation is 1. The molecule has 0 amide bonds. The van der Waals surface area contributed by atoms with Crippen molar-refractivity contribution in [3.05, 3.63) is 58.4 Å². The molecule has 0 radical (unpaired) electrons. The van der Waals surface area contributed by atoms with Crippen LogP contribution < -0.4 is 15.5 Å². The van der Waals surface area contributed by atoms with Gasteiger partial charge in [0.25, 0.3) is 0 Å². The Morgan fingerprint density at radius 2 is 1.61 bits per heavy atom. The number of nitrogen functional groups attached to an aromatic ring is 1. The lowest BCUT2D eigenvalue weighted by Gasteiger charge is -2.40. The molecular weight excluding hydrogens is 492 g/mol. The summed E-state index contributed by atoms with van der Waals surface area (Å²) in [6.07, 6.45) is 6.50. The van der Waals surface area contributed by atoms with E-state index in [9.17, 15) is 0 Å². The van der Waals surface area contributed by atoms with Crippen molar-refractivity contribution in [2.24, 2.45) is 5.41 Å². The van der Waals surface area contributed by atoms with Gasteiger partial charge in [-0.1, -0.05) is 47.6 Å². The fourth-order valence-corrected chi connectivity index (χ4v) is 6.99. The van der Waals surface area contributed by atoms with Gasteiger partial charge in [-0.2, -0.15) is 0 Å². The van der Waals surface area contributed by atoms with E-state index in [2.05, 4.69) is 39.0 Å². The van der Waals surface area contributed by atoms with Crippen LogP contribution in [0.3, 0.4) is 0 Å². The first-order chi connectivity index (χ1) is 17.5. The smallest absolute Gasteiger partial charge is 0.158 e. The number of nitrogens with two attached hydrogens (primary N) is 1. The van der Waals surface area contributed by atoms with E-state index in [4.69, 9.17) is 32.0 Å². The minimum atomic E-state index is 0.388. The van der Waals surface area contributed by atoms with E-state index in [0.29, 0.717) is 34.5 Å². The summed E-state index contributed by atoms with van der Waals surface area (Å²) in [6.45, 7) is 6.90. The predicted molar refractivity (Wildman–Crippen MR) is 145 cm³/mol. The SMILES string of the molecule is Cc1nc(Sc2ccnc(N3CCOCC3)c2Cl)c(N)nc1N1CCC2(CC1)Cc1ccccc1C2. The highest BCUT2D eigenvalue weighted by Crippen LogP contribution is 2.45. The average molecular weight is 523 g/mol. The number of halogens is 1. The molecule has 2 aliphatic heterocycles. The second-order valence-corrected chi connectivity index (χ2v) is 11.5. The third-order valence-electron chi connectivity index (χ3n) is 7.76. The Balaban J connectivity index is 1.17. The first kappa shape index (κ1) is 23.8. The number of piperidine rings is 1. The van der Waals surface area contributed by atoms with Crippen molar-refractivity contribution >= 4 is 40.8 Å². The third-order valence-corrected chi connectivity index (χ3v) is 9.30. The topological polar surface area (TPSA) is 80.4 Å². The second-order valence-electron chi connectivity index (χ2n) is 10.1. The number of hydrogen-bond donors (Lipinski definition) is 1. The van der Waals surface area contributed by atoms with Crippen molar-refractivity contribution in [2.45, 2.75) is 42.5 Å². The van der Waals surface area contributed by atoms with Crippen LogP contribution in [0.4, 0.5) is 17.5 Å². The summed E-state index contributed by atoms with van der Waals surface area (Å²) >= 11 is 8.22. The quantitative estimate of drug-likeness (QED) is 0.524. The molecule has 36 heavy (non-hydrogen) atoms. The first-order valence-electron chi connectivity index (χ1n) is 12.6. The van der Waals surface area contributed by atoms with Crippen LogP contribution >= 0.6 is 23.4 Å². The van der Waals surface area contributed by atoms with Gasteiger partial charge in [0, 0.05) is 37.3 Å². The van der Waals surface area contributed by atoms with Crippen LogP contribution in [-0.2, 0) is 17.6 Å². The standard InChI is InChI=1S/C27H31ClN6OS/c1-18-24(33-10-7-27(8-11-33)16-19-4-2-3-5-20(19)17-27)32-23(29)26(31-18)36-21-6-9-30-25(22(21)28)34-12-14-35-15-13-34/h2-6,9H,7-8,10-17H2,1H3,(H2,29,32). The summed E-state index contributed by atoms with van der Waals surface area (Å²) in [6, 6.07) is 10.8. The van der Waals surface area contributed by atoms with Gasteiger partial charge in [0.15, 0.2) is 11.6 Å². The molecule has 2 saturated heterocycles. The average Bonchev–Trinajstić information content (AvgIpc) is 3.26. The molecule has 3 aromatic rings. The molecule has 0 saturated carbocycles. The molecule has 7 nitrogen and oxygen atoms in total. The van der Waals surface area contributed by atoms with E-state index in [1.165, 1.54) is 35.7 Å². The van der Waals surface area contributed by atoms with E-state index in [1.807, 2.05) is 13.0 Å². The molecule has 1 aliphatic carbocycles. The van der Waals surface area contributed by atoms with Gasteiger partial charge in [-0.3, -0.25) is 0 Å². The summed E-state index contributed by atoms with van der Waals surface area (Å²) in [5.41, 5.74) is 10.8. The van der Waals surface area contributed by atoms with E-state index in [0.717, 1.165) is 61.2 Å². The van der Waals surface area contributed by atoms with E-state index < -0.39 is 0 Å². The van der Waals surface area contributed by atoms with Crippen molar-refractivity contribution in [1.29, 1.82) is 0 Å². The zero-order valence-corrected chi connectivity index (χ0v) is 22.1. The summed E-state index contributed by atoms with van der Waals surface area (Å²) < 4.78 is 5.46. The summed E-state index contributed by atoms with van der Waals surface area (Å²) in [5.74, 6) is 2.12. The Kier molecular flexibility index (Phi) is 6.44. The normalized spacial score (nSPS) is 19.1. The Morgan fingerprint density at radius 3 is 2.31 bits per heavy atom. The molecule has 2 N–H and O–H groups in total. The highest BCUT2D eigenvalue weighted by molar-refractivity contribution is 7.99. The number of anilines is 3. The van der Waals surface area contributed by atoms with Gasteiger partial charge in [-0.05, 0) is 55.2 Å². The highest BCUT2D eigenvalue weighted by atomic mass is 35.5. The molecule has 188 valence electrons. The van der Waals surface area contributed by atoms with Crippen molar-refractivity contribution in [3.8, 4) is 0 Å². The Bertz CT molecular complexity index is 1250. The lowest BCUT2D eigenvalue weighted by Crippen LogP contribution is -2.41. The molecule has 3 aliphatic rings. The van der Waals surface area contributed by atoms with Crippen molar-refractivity contribution in [3.63, 3.8) is 0 Å². The van der Waals surface area contributed by atoms with Gasteiger partial charge >= 0.3 is 0 Å². The largest absolute Gasteiger partial charge is 0.381 e. The maximum Gasteiger partial charge on any atom is 0.158 e. The molecule has 6 rings (SSSR count). The fourth-order valence-electron chi connectivity index (χ4n) is 5.79. The molecule has 0 unspecified atom stereocenters.